The van der Waals surface area contributed by atoms with Crippen molar-refractivity contribution in [1.82, 2.24) is 10.6 Å². The van der Waals surface area contributed by atoms with E-state index in [0.29, 0.717) is 17.7 Å². The topological polar surface area (TPSA) is 84.5 Å². The van der Waals surface area contributed by atoms with Gasteiger partial charge in [0.1, 0.15) is 0 Å². The summed E-state index contributed by atoms with van der Waals surface area (Å²) in [5, 5.41) is 5.40. The molecule has 148 valence electrons. The van der Waals surface area contributed by atoms with Crippen LogP contribution in [0.25, 0.3) is 0 Å². The van der Waals surface area contributed by atoms with E-state index < -0.39 is 17.9 Å². The minimum atomic E-state index is -0.998. The number of esters is 1. The Labute approximate surface area is 165 Å². The van der Waals surface area contributed by atoms with E-state index in [0.717, 1.165) is 19.3 Å². The second-order valence-corrected chi connectivity index (χ2v) is 6.35. The van der Waals surface area contributed by atoms with E-state index in [1.807, 2.05) is 6.07 Å². The summed E-state index contributed by atoms with van der Waals surface area (Å²) in [5.74, 6) is -1.43. The largest absolute Gasteiger partial charge is 0.454 e. The highest BCUT2D eigenvalue weighted by Crippen LogP contribution is 2.15. The molecular formula is C22H26N2O4. The number of carbonyl (C=O) groups excluding carboxylic acids is 3. The molecule has 0 saturated heterocycles. The summed E-state index contributed by atoms with van der Waals surface area (Å²) in [6.07, 6.45) is 2.97. The van der Waals surface area contributed by atoms with Gasteiger partial charge in [-0.05, 0) is 24.1 Å². The van der Waals surface area contributed by atoms with Crippen molar-refractivity contribution in [3.8, 4) is 0 Å². The molecule has 1 unspecified atom stereocenters. The maximum Gasteiger partial charge on any atom is 0.333 e. The molecule has 2 amide bonds. The van der Waals surface area contributed by atoms with Crippen LogP contribution in [0.15, 0.2) is 60.7 Å². The van der Waals surface area contributed by atoms with Gasteiger partial charge in [0.25, 0.3) is 11.8 Å². The monoisotopic (exact) mass is 382 g/mol. The van der Waals surface area contributed by atoms with Gasteiger partial charge in [-0.15, -0.1) is 0 Å². The Balaban J connectivity index is 1.98. The Morgan fingerprint density at radius 3 is 2.21 bits per heavy atom. The molecule has 2 aromatic rings. The number of hydrogen-bond donors (Lipinski definition) is 2. The Hall–Kier alpha value is -3.15. The van der Waals surface area contributed by atoms with E-state index in [1.54, 1.807) is 54.6 Å². The minimum absolute atomic E-state index is 0.356. The average molecular weight is 382 g/mol. The van der Waals surface area contributed by atoms with E-state index in [9.17, 15) is 14.4 Å². The second kappa shape index (κ2) is 11.5. The first-order valence-electron chi connectivity index (χ1n) is 9.46. The van der Waals surface area contributed by atoms with Crippen molar-refractivity contribution in [2.75, 3.05) is 13.2 Å². The molecule has 1 atom stereocenters. The molecule has 0 bridgehead atoms. The fourth-order valence-corrected chi connectivity index (χ4v) is 2.60. The molecule has 0 heterocycles. The molecule has 6 heteroatoms. The van der Waals surface area contributed by atoms with Gasteiger partial charge >= 0.3 is 5.97 Å². The highest BCUT2D eigenvalue weighted by atomic mass is 16.5. The normalized spacial score (nSPS) is 11.3. The molecule has 0 aliphatic heterocycles. The molecule has 0 fully saturated rings. The van der Waals surface area contributed by atoms with Gasteiger partial charge in [-0.3, -0.25) is 9.59 Å². The lowest BCUT2D eigenvalue weighted by Crippen LogP contribution is -2.37. The summed E-state index contributed by atoms with van der Waals surface area (Å²) in [6.45, 7) is 2.25. The van der Waals surface area contributed by atoms with Gasteiger partial charge in [0.15, 0.2) is 12.6 Å². The third-order valence-electron chi connectivity index (χ3n) is 4.13. The fraction of sp³-hybridized carbons (Fsp3) is 0.318. The molecule has 6 nitrogen and oxygen atoms in total. The molecule has 2 N–H and O–H groups in total. The van der Waals surface area contributed by atoms with Crippen molar-refractivity contribution in [2.45, 2.75) is 32.2 Å². The number of ether oxygens (including phenoxy) is 1. The minimum Gasteiger partial charge on any atom is -0.454 e. The van der Waals surface area contributed by atoms with E-state index >= 15 is 0 Å². The molecule has 0 aromatic heterocycles. The lowest BCUT2D eigenvalue weighted by Gasteiger charge is -2.18. The second-order valence-electron chi connectivity index (χ2n) is 6.35. The number of amides is 2. The van der Waals surface area contributed by atoms with E-state index in [-0.39, 0.29) is 12.5 Å². The Bertz CT molecular complexity index is 763. The van der Waals surface area contributed by atoms with Crippen molar-refractivity contribution >= 4 is 17.8 Å². The number of benzene rings is 2. The average Bonchev–Trinajstić information content (AvgIpc) is 2.74. The van der Waals surface area contributed by atoms with Crippen LogP contribution in [-0.2, 0) is 14.3 Å². The van der Waals surface area contributed by atoms with Crippen LogP contribution in [0.2, 0.25) is 0 Å². The zero-order valence-electron chi connectivity index (χ0n) is 16.0. The first-order chi connectivity index (χ1) is 13.6. The van der Waals surface area contributed by atoms with Gasteiger partial charge in [0.2, 0.25) is 0 Å². The van der Waals surface area contributed by atoms with Crippen molar-refractivity contribution in [2.24, 2.45) is 0 Å². The molecule has 0 aliphatic rings. The first-order valence-corrected chi connectivity index (χ1v) is 9.46. The quantitative estimate of drug-likeness (QED) is 0.489. The highest BCUT2D eigenvalue weighted by molar-refractivity contribution is 5.97. The van der Waals surface area contributed by atoms with Crippen LogP contribution in [0.3, 0.4) is 0 Å². The molecule has 2 rings (SSSR count). The predicted octanol–water partition coefficient (Wildman–Crippen LogP) is 3.01. The molecule has 0 radical (unpaired) electrons. The molecule has 0 saturated carbocycles. The smallest absolute Gasteiger partial charge is 0.333 e. The summed E-state index contributed by atoms with van der Waals surface area (Å²) >= 11 is 0. The molecule has 0 spiro atoms. The van der Waals surface area contributed by atoms with Crippen LogP contribution < -0.4 is 10.6 Å². The lowest BCUT2D eigenvalue weighted by atomic mass is 10.1. The molecule has 2 aromatic carbocycles. The van der Waals surface area contributed by atoms with Crippen LogP contribution >= 0.6 is 0 Å². The Morgan fingerprint density at radius 1 is 0.929 bits per heavy atom. The molecule has 28 heavy (non-hydrogen) atoms. The van der Waals surface area contributed by atoms with Gasteiger partial charge in [-0.1, -0.05) is 68.3 Å². The number of hydrogen-bond acceptors (Lipinski definition) is 4. The highest BCUT2D eigenvalue weighted by Gasteiger charge is 2.25. The molecule has 0 aliphatic carbocycles. The van der Waals surface area contributed by atoms with Gasteiger partial charge in [-0.2, -0.15) is 0 Å². The van der Waals surface area contributed by atoms with Gasteiger partial charge < -0.3 is 15.4 Å². The summed E-state index contributed by atoms with van der Waals surface area (Å²) in [6, 6.07) is 16.4. The van der Waals surface area contributed by atoms with E-state index in [1.165, 1.54) is 0 Å². The van der Waals surface area contributed by atoms with Crippen molar-refractivity contribution in [1.29, 1.82) is 0 Å². The first kappa shape index (κ1) is 21.2. The lowest BCUT2D eigenvalue weighted by molar-refractivity contribution is -0.150. The number of nitrogens with one attached hydrogen (secondary N) is 2. The zero-order valence-corrected chi connectivity index (χ0v) is 16.0. The van der Waals surface area contributed by atoms with Gasteiger partial charge in [0, 0.05) is 12.1 Å². The summed E-state index contributed by atoms with van der Waals surface area (Å²) < 4.78 is 5.15. The van der Waals surface area contributed by atoms with Crippen molar-refractivity contribution in [3.63, 3.8) is 0 Å². The van der Waals surface area contributed by atoms with E-state index in [2.05, 4.69) is 17.6 Å². The Morgan fingerprint density at radius 2 is 1.57 bits per heavy atom. The third kappa shape index (κ3) is 6.87. The third-order valence-corrected chi connectivity index (χ3v) is 4.13. The zero-order chi connectivity index (χ0) is 20.2. The SMILES string of the molecule is CCCCCNC(=O)COC(=O)C(NC(=O)c1ccccc1)c1ccccc1. The van der Waals surface area contributed by atoms with Crippen molar-refractivity contribution < 1.29 is 19.1 Å². The predicted molar refractivity (Wildman–Crippen MR) is 107 cm³/mol. The van der Waals surface area contributed by atoms with Crippen LogP contribution in [0, 0.1) is 0 Å². The number of carbonyl (C=O) groups is 3. The maximum absolute atomic E-state index is 12.6. The summed E-state index contributed by atoms with van der Waals surface area (Å²) in [5.41, 5.74) is 1.02. The number of rotatable bonds is 10. The van der Waals surface area contributed by atoms with Crippen LogP contribution in [-0.4, -0.2) is 30.9 Å². The van der Waals surface area contributed by atoms with Crippen molar-refractivity contribution in [3.05, 3.63) is 71.8 Å². The van der Waals surface area contributed by atoms with Crippen LogP contribution in [0.1, 0.15) is 48.1 Å². The van der Waals surface area contributed by atoms with Gasteiger partial charge in [0.05, 0.1) is 0 Å². The summed E-state index contributed by atoms with van der Waals surface area (Å²) in [4.78, 5) is 36.9. The van der Waals surface area contributed by atoms with Gasteiger partial charge in [-0.25, -0.2) is 4.79 Å². The van der Waals surface area contributed by atoms with E-state index in [4.69, 9.17) is 4.74 Å². The molecular weight excluding hydrogens is 356 g/mol. The van der Waals surface area contributed by atoms with Crippen LogP contribution in [0.4, 0.5) is 0 Å². The fourth-order valence-electron chi connectivity index (χ4n) is 2.60. The maximum atomic E-state index is 12.6. The number of unbranched alkanes of at least 4 members (excludes halogenated alkanes) is 2. The van der Waals surface area contributed by atoms with Crippen LogP contribution in [0.5, 0.6) is 0 Å². The summed E-state index contributed by atoms with van der Waals surface area (Å²) in [7, 11) is 0. The standard InChI is InChI=1S/C22H26N2O4/c1-2-3-10-15-23-19(25)16-28-22(27)20(17-11-6-4-7-12-17)24-21(26)18-13-8-5-9-14-18/h4-9,11-14,20H,2-3,10,15-16H2,1H3,(H,23,25)(H,24,26). The Kier molecular flexibility index (Phi) is 8.72.